The summed E-state index contributed by atoms with van der Waals surface area (Å²) in [6.07, 6.45) is 1.25. The number of rotatable bonds is 1. The molecule has 5 heteroatoms. The maximum Gasteiger partial charge on any atom is 0.493 e. The normalized spacial score (nSPS) is 10.4. The number of hydrogen-bond acceptors (Lipinski definition) is 4. The molecule has 0 radical (unpaired) electrons. The summed E-state index contributed by atoms with van der Waals surface area (Å²) in [5, 5.41) is 28.0. The Hall–Kier alpha value is -1.59. The Bertz CT molecular complexity index is 473. The van der Waals surface area contributed by atoms with Gasteiger partial charge in [0.25, 0.3) is 0 Å². The van der Waals surface area contributed by atoms with Crippen LogP contribution in [-0.2, 0) is 0 Å². The summed E-state index contributed by atoms with van der Waals surface area (Å²) < 4.78 is 0. The third-order valence-electron chi connectivity index (χ3n) is 2.05. The average Bonchev–Trinajstić information content (AvgIpc) is 2.18. The smallest absolute Gasteiger partial charge is 0.493 e. The van der Waals surface area contributed by atoms with Crippen LogP contribution in [0.1, 0.15) is 0 Å². The van der Waals surface area contributed by atoms with Gasteiger partial charge in [-0.2, -0.15) is 0 Å². The summed E-state index contributed by atoms with van der Waals surface area (Å²) in [4.78, 5) is 3.98. The Morgan fingerprint density at radius 2 is 1.86 bits per heavy atom. The van der Waals surface area contributed by atoms with Crippen LogP contribution in [0.3, 0.4) is 0 Å². The Labute approximate surface area is 80.6 Å². The largest absolute Gasteiger partial charge is 0.508 e. The Kier molecular flexibility index (Phi) is 2.11. The van der Waals surface area contributed by atoms with E-state index in [2.05, 4.69) is 4.98 Å². The number of para-hydroxylation sites is 1. The van der Waals surface area contributed by atoms with E-state index in [1.165, 1.54) is 6.20 Å². The molecule has 2 rings (SSSR count). The Morgan fingerprint density at radius 3 is 2.57 bits per heavy atom. The zero-order valence-corrected chi connectivity index (χ0v) is 7.25. The molecule has 14 heavy (non-hydrogen) atoms. The van der Waals surface area contributed by atoms with Crippen LogP contribution in [0, 0.1) is 0 Å². The summed E-state index contributed by atoms with van der Waals surface area (Å²) in [6, 6.07) is 6.95. The number of fused-ring (bicyclic) bond motifs is 1. The zero-order chi connectivity index (χ0) is 10.1. The van der Waals surface area contributed by atoms with Gasteiger partial charge in [0.05, 0.1) is 5.52 Å². The van der Waals surface area contributed by atoms with Crippen molar-refractivity contribution in [1.29, 1.82) is 0 Å². The topological polar surface area (TPSA) is 73.6 Å². The Morgan fingerprint density at radius 1 is 1.14 bits per heavy atom. The molecule has 1 heterocycles. The molecular weight excluding hydrogens is 181 g/mol. The van der Waals surface area contributed by atoms with Crippen molar-refractivity contribution in [2.45, 2.75) is 0 Å². The van der Waals surface area contributed by atoms with Crippen molar-refractivity contribution in [2.75, 3.05) is 0 Å². The maximum atomic E-state index is 9.66. The molecule has 0 aliphatic rings. The summed E-state index contributed by atoms with van der Waals surface area (Å²) in [6.45, 7) is 0. The first-order chi connectivity index (χ1) is 6.70. The van der Waals surface area contributed by atoms with E-state index in [4.69, 9.17) is 10.0 Å². The zero-order valence-electron chi connectivity index (χ0n) is 7.25. The van der Waals surface area contributed by atoms with Crippen molar-refractivity contribution < 1.29 is 15.2 Å². The lowest BCUT2D eigenvalue weighted by Crippen LogP contribution is -2.30. The number of nitrogens with zero attached hydrogens (tertiary/aromatic N) is 1. The van der Waals surface area contributed by atoms with E-state index in [-0.39, 0.29) is 11.2 Å². The summed E-state index contributed by atoms with van der Waals surface area (Å²) >= 11 is 0. The quantitative estimate of drug-likeness (QED) is 0.534. The van der Waals surface area contributed by atoms with Crippen LogP contribution in [0.15, 0.2) is 30.5 Å². The summed E-state index contributed by atoms with van der Waals surface area (Å²) in [7, 11) is -1.70. The van der Waals surface area contributed by atoms with E-state index in [9.17, 15) is 5.11 Å². The fourth-order valence-corrected chi connectivity index (χ4v) is 1.33. The second kappa shape index (κ2) is 3.28. The molecule has 0 aliphatic carbocycles. The lowest BCUT2D eigenvalue weighted by Gasteiger charge is -2.05. The van der Waals surface area contributed by atoms with Crippen molar-refractivity contribution in [2.24, 2.45) is 0 Å². The van der Waals surface area contributed by atoms with Gasteiger partial charge in [-0.3, -0.25) is 4.98 Å². The molecule has 0 atom stereocenters. The standard InChI is InChI=1S/C9H8BNO3/c12-9-6-3-1-2-4-8(6)11-5-7(9)10(13)14/h1-5,13-14H,(H,11,12). The molecule has 2 aromatic rings. The van der Waals surface area contributed by atoms with Gasteiger partial charge >= 0.3 is 7.12 Å². The van der Waals surface area contributed by atoms with Gasteiger partial charge < -0.3 is 15.2 Å². The van der Waals surface area contributed by atoms with Crippen LogP contribution in [0.4, 0.5) is 0 Å². The highest BCUT2D eigenvalue weighted by Gasteiger charge is 2.18. The Balaban J connectivity index is 2.75. The molecule has 1 aromatic heterocycles. The van der Waals surface area contributed by atoms with Crippen molar-refractivity contribution in [3.05, 3.63) is 30.5 Å². The molecule has 0 bridgehead atoms. The number of hydrogen-bond donors (Lipinski definition) is 3. The molecule has 0 saturated carbocycles. The molecule has 4 nitrogen and oxygen atoms in total. The highest BCUT2D eigenvalue weighted by atomic mass is 16.4. The van der Waals surface area contributed by atoms with Gasteiger partial charge in [-0.25, -0.2) is 0 Å². The predicted molar refractivity (Wildman–Crippen MR) is 53.2 cm³/mol. The summed E-state index contributed by atoms with van der Waals surface area (Å²) in [5.74, 6) is -0.134. The second-order valence-corrected chi connectivity index (χ2v) is 2.95. The average molecular weight is 189 g/mol. The molecular formula is C9H8BNO3. The highest BCUT2D eigenvalue weighted by Crippen LogP contribution is 2.19. The van der Waals surface area contributed by atoms with Crippen molar-refractivity contribution in [3.8, 4) is 5.75 Å². The third kappa shape index (κ3) is 1.32. The van der Waals surface area contributed by atoms with Gasteiger partial charge in [0, 0.05) is 17.0 Å². The second-order valence-electron chi connectivity index (χ2n) is 2.95. The van der Waals surface area contributed by atoms with Gasteiger partial charge in [0.2, 0.25) is 0 Å². The molecule has 0 saturated heterocycles. The molecule has 1 aromatic carbocycles. The van der Waals surface area contributed by atoms with E-state index in [0.29, 0.717) is 10.9 Å². The molecule has 0 unspecified atom stereocenters. The fourth-order valence-electron chi connectivity index (χ4n) is 1.33. The number of aromatic nitrogens is 1. The van der Waals surface area contributed by atoms with Crippen molar-refractivity contribution in [1.82, 2.24) is 4.98 Å². The summed E-state index contributed by atoms with van der Waals surface area (Å²) in [5.41, 5.74) is 0.637. The van der Waals surface area contributed by atoms with E-state index < -0.39 is 7.12 Å². The molecule has 70 valence electrons. The van der Waals surface area contributed by atoms with Crippen LogP contribution in [-0.4, -0.2) is 27.3 Å². The van der Waals surface area contributed by atoms with Crippen molar-refractivity contribution in [3.63, 3.8) is 0 Å². The van der Waals surface area contributed by atoms with Gasteiger partial charge in [0.15, 0.2) is 0 Å². The third-order valence-corrected chi connectivity index (χ3v) is 2.05. The highest BCUT2D eigenvalue weighted by molar-refractivity contribution is 6.60. The van der Waals surface area contributed by atoms with Crippen molar-refractivity contribution >= 4 is 23.5 Å². The number of pyridine rings is 1. The molecule has 0 fully saturated rings. The van der Waals surface area contributed by atoms with Gasteiger partial charge in [0.1, 0.15) is 5.75 Å². The minimum Gasteiger partial charge on any atom is -0.508 e. The first kappa shape index (κ1) is 8.99. The van der Waals surface area contributed by atoms with E-state index in [1.54, 1.807) is 24.3 Å². The maximum absolute atomic E-state index is 9.66. The van der Waals surface area contributed by atoms with Gasteiger partial charge in [-0.05, 0) is 12.1 Å². The van der Waals surface area contributed by atoms with E-state index in [1.807, 2.05) is 0 Å². The van der Waals surface area contributed by atoms with Crippen LogP contribution in [0.5, 0.6) is 5.75 Å². The van der Waals surface area contributed by atoms with Gasteiger partial charge in [-0.1, -0.05) is 12.1 Å². The fraction of sp³-hybridized carbons (Fsp3) is 0. The number of aromatic hydroxyl groups is 1. The van der Waals surface area contributed by atoms with E-state index >= 15 is 0 Å². The lowest BCUT2D eigenvalue weighted by atomic mass is 9.80. The first-order valence-corrected chi connectivity index (χ1v) is 4.13. The predicted octanol–water partition coefficient (Wildman–Crippen LogP) is -0.380. The van der Waals surface area contributed by atoms with Crippen LogP contribution in [0.2, 0.25) is 0 Å². The minimum atomic E-state index is -1.70. The van der Waals surface area contributed by atoms with Crippen LogP contribution < -0.4 is 5.46 Å². The molecule has 0 spiro atoms. The van der Waals surface area contributed by atoms with Gasteiger partial charge in [-0.15, -0.1) is 0 Å². The molecule has 0 aliphatic heterocycles. The monoisotopic (exact) mass is 189 g/mol. The molecule has 3 N–H and O–H groups in total. The first-order valence-electron chi connectivity index (χ1n) is 4.13. The van der Waals surface area contributed by atoms with Crippen LogP contribution in [0.25, 0.3) is 10.9 Å². The van der Waals surface area contributed by atoms with Crippen LogP contribution >= 0.6 is 0 Å². The lowest BCUT2D eigenvalue weighted by molar-refractivity contribution is 0.420. The van der Waals surface area contributed by atoms with E-state index in [0.717, 1.165) is 0 Å². The molecule has 0 amide bonds. The number of benzene rings is 1. The minimum absolute atomic E-state index is 0.0173. The SMILES string of the molecule is OB(O)c1cnc2ccccc2c1O.